The molecule has 0 bridgehead atoms. The van der Waals surface area contributed by atoms with Crippen LogP contribution in [0.25, 0.3) is 0 Å². The van der Waals surface area contributed by atoms with Crippen LogP contribution in [-0.2, 0) is 13.0 Å². The number of hydrogen-bond acceptors (Lipinski definition) is 4. The first-order chi connectivity index (χ1) is 12.0. The van der Waals surface area contributed by atoms with Crippen LogP contribution in [0.5, 0.6) is 0 Å². The minimum absolute atomic E-state index is 0.574. The lowest BCUT2D eigenvalue weighted by molar-refractivity contribution is 0.477. The average molecular weight is 378 g/mol. The zero-order valence-corrected chi connectivity index (χ0v) is 17.0. The Labute approximate surface area is 160 Å². The van der Waals surface area contributed by atoms with Gasteiger partial charge in [-0.05, 0) is 49.9 Å². The van der Waals surface area contributed by atoms with Gasteiger partial charge in [0.1, 0.15) is 5.82 Å². The number of aromatic nitrogens is 3. The molecule has 0 amide bonds. The van der Waals surface area contributed by atoms with Crippen LogP contribution in [0.4, 0.5) is 5.69 Å². The standard InChI is InChI=1S/C18H27N5S2/c1-13(2)12-23-16(21-22-18(23)25-4)6-5-11-19-17(24)20-15-9-7-14(3)8-10-15/h7-10,13H,5-6,11-12H2,1-4H3,(H2,19,20,24). The van der Waals surface area contributed by atoms with Crippen LogP contribution in [0.1, 0.15) is 31.7 Å². The van der Waals surface area contributed by atoms with E-state index in [0.717, 1.165) is 42.6 Å². The third-order valence-electron chi connectivity index (χ3n) is 3.70. The molecular weight excluding hydrogens is 350 g/mol. The van der Waals surface area contributed by atoms with Gasteiger partial charge in [0, 0.05) is 25.2 Å². The highest BCUT2D eigenvalue weighted by Gasteiger charge is 2.12. The van der Waals surface area contributed by atoms with E-state index >= 15 is 0 Å². The van der Waals surface area contributed by atoms with Gasteiger partial charge >= 0.3 is 0 Å². The van der Waals surface area contributed by atoms with Crippen molar-refractivity contribution >= 4 is 34.8 Å². The van der Waals surface area contributed by atoms with E-state index in [-0.39, 0.29) is 0 Å². The molecule has 1 aromatic carbocycles. The predicted molar refractivity (Wildman–Crippen MR) is 110 cm³/mol. The first-order valence-corrected chi connectivity index (χ1v) is 10.2. The van der Waals surface area contributed by atoms with Crippen molar-refractivity contribution in [3.8, 4) is 0 Å². The summed E-state index contributed by atoms with van der Waals surface area (Å²) in [6.45, 7) is 8.26. The molecule has 0 unspecified atom stereocenters. The predicted octanol–water partition coefficient (Wildman–Crippen LogP) is 3.88. The molecule has 2 rings (SSSR count). The Morgan fingerprint density at radius 2 is 1.96 bits per heavy atom. The first kappa shape index (κ1) is 19.7. The van der Waals surface area contributed by atoms with E-state index in [1.165, 1.54) is 5.56 Å². The summed E-state index contributed by atoms with van der Waals surface area (Å²) in [5, 5.41) is 16.7. The molecule has 1 aromatic heterocycles. The van der Waals surface area contributed by atoms with E-state index < -0.39 is 0 Å². The third kappa shape index (κ3) is 6.32. The van der Waals surface area contributed by atoms with Crippen LogP contribution in [0.15, 0.2) is 29.4 Å². The average Bonchev–Trinajstić information content (AvgIpc) is 2.95. The Morgan fingerprint density at radius 1 is 1.24 bits per heavy atom. The van der Waals surface area contributed by atoms with Gasteiger partial charge in [0.05, 0.1) is 0 Å². The van der Waals surface area contributed by atoms with Crippen molar-refractivity contribution in [1.82, 2.24) is 20.1 Å². The second-order valence-corrected chi connectivity index (χ2v) is 7.64. The zero-order valence-electron chi connectivity index (χ0n) is 15.4. The number of nitrogens with one attached hydrogen (secondary N) is 2. The van der Waals surface area contributed by atoms with Gasteiger partial charge in [0.2, 0.25) is 0 Å². The molecule has 0 aliphatic heterocycles. The molecule has 0 radical (unpaired) electrons. The van der Waals surface area contributed by atoms with E-state index in [2.05, 4.69) is 58.3 Å². The van der Waals surface area contributed by atoms with Crippen molar-refractivity contribution < 1.29 is 0 Å². The smallest absolute Gasteiger partial charge is 0.190 e. The number of thioether (sulfide) groups is 1. The van der Waals surface area contributed by atoms with Gasteiger partial charge in [-0.15, -0.1) is 10.2 Å². The number of nitrogens with zero attached hydrogens (tertiary/aromatic N) is 3. The van der Waals surface area contributed by atoms with Crippen molar-refractivity contribution in [2.24, 2.45) is 5.92 Å². The minimum Gasteiger partial charge on any atom is -0.362 e. The zero-order chi connectivity index (χ0) is 18.2. The normalized spacial score (nSPS) is 10.9. The molecule has 0 atom stereocenters. The Morgan fingerprint density at radius 3 is 2.60 bits per heavy atom. The van der Waals surface area contributed by atoms with Gasteiger partial charge in [0.15, 0.2) is 10.3 Å². The van der Waals surface area contributed by atoms with Crippen LogP contribution >= 0.6 is 24.0 Å². The van der Waals surface area contributed by atoms with Crippen LogP contribution in [0.2, 0.25) is 0 Å². The highest BCUT2D eigenvalue weighted by atomic mass is 32.2. The van der Waals surface area contributed by atoms with Gasteiger partial charge in [-0.2, -0.15) is 0 Å². The quantitative estimate of drug-likeness (QED) is 0.414. The van der Waals surface area contributed by atoms with Crippen molar-refractivity contribution in [3.63, 3.8) is 0 Å². The van der Waals surface area contributed by atoms with Crippen LogP contribution in [0.3, 0.4) is 0 Å². The molecule has 0 spiro atoms. The minimum atomic E-state index is 0.574. The fraction of sp³-hybridized carbons (Fsp3) is 0.500. The molecule has 0 aliphatic carbocycles. The Hall–Kier alpha value is -1.60. The van der Waals surface area contributed by atoms with Gasteiger partial charge in [-0.3, -0.25) is 0 Å². The largest absolute Gasteiger partial charge is 0.362 e. The Balaban J connectivity index is 1.78. The maximum absolute atomic E-state index is 5.35. The highest BCUT2D eigenvalue weighted by Crippen LogP contribution is 2.16. The summed E-state index contributed by atoms with van der Waals surface area (Å²) in [4.78, 5) is 0. The second-order valence-electron chi connectivity index (χ2n) is 6.46. The summed E-state index contributed by atoms with van der Waals surface area (Å²) in [6, 6.07) is 8.19. The Kier molecular flexibility index (Phi) is 7.71. The molecule has 7 heteroatoms. The second kappa shape index (κ2) is 9.77. The van der Waals surface area contributed by atoms with E-state index in [1.807, 2.05) is 18.4 Å². The monoisotopic (exact) mass is 377 g/mol. The fourth-order valence-corrected chi connectivity index (χ4v) is 3.21. The van der Waals surface area contributed by atoms with Gasteiger partial charge < -0.3 is 15.2 Å². The van der Waals surface area contributed by atoms with E-state index in [0.29, 0.717) is 11.0 Å². The van der Waals surface area contributed by atoms with Crippen LogP contribution in [-0.4, -0.2) is 32.7 Å². The summed E-state index contributed by atoms with van der Waals surface area (Å²) in [5.74, 6) is 1.63. The molecule has 136 valence electrons. The molecule has 0 saturated heterocycles. The molecular formula is C18H27N5S2. The van der Waals surface area contributed by atoms with Gasteiger partial charge in [-0.25, -0.2) is 0 Å². The number of anilines is 1. The molecule has 2 N–H and O–H groups in total. The highest BCUT2D eigenvalue weighted by molar-refractivity contribution is 7.98. The summed E-state index contributed by atoms with van der Waals surface area (Å²) in [6.07, 6.45) is 3.89. The summed E-state index contributed by atoms with van der Waals surface area (Å²) in [7, 11) is 0. The van der Waals surface area contributed by atoms with Crippen molar-refractivity contribution in [2.45, 2.75) is 45.3 Å². The molecule has 1 heterocycles. The summed E-state index contributed by atoms with van der Waals surface area (Å²) < 4.78 is 2.23. The van der Waals surface area contributed by atoms with E-state index in [1.54, 1.807) is 11.8 Å². The number of aryl methyl sites for hydroxylation is 2. The van der Waals surface area contributed by atoms with Crippen LogP contribution in [0, 0.1) is 12.8 Å². The third-order valence-corrected chi connectivity index (χ3v) is 4.61. The maximum Gasteiger partial charge on any atom is 0.190 e. The lowest BCUT2D eigenvalue weighted by atomic mass is 10.2. The lowest BCUT2D eigenvalue weighted by Gasteiger charge is -2.13. The molecule has 25 heavy (non-hydrogen) atoms. The van der Waals surface area contributed by atoms with Crippen molar-refractivity contribution in [3.05, 3.63) is 35.7 Å². The fourth-order valence-electron chi connectivity index (χ4n) is 2.46. The van der Waals surface area contributed by atoms with E-state index in [4.69, 9.17) is 12.2 Å². The number of hydrogen-bond donors (Lipinski definition) is 2. The molecule has 2 aromatic rings. The van der Waals surface area contributed by atoms with Crippen molar-refractivity contribution in [2.75, 3.05) is 18.1 Å². The lowest BCUT2D eigenvalue weighted by Crippen LogP contribution is -2.29. The van der Waals surface area contributed by atoms with Crippen LogP contribution < -0.4 is 10.6 Å². The van der Waals surface area contributed by atoms with E-state index in [9.17, 15) is 0 Å². The van der Waals surface area contributed by atoms with Crippen molar-refractivity contribution in [1.29, 1.82) is 0 Å². The van der Waals surface area contributed by atoms with Gasteiger partial charge in [-0.1, -0.05) is 43.3 Å². The number of rotatable bonds is 8. The molecule has 0 aliphatic rings. The number of thiocarbonyl (C=S) groups is 1. The molecule has 0 saturated carbocycles. The number of benzene rings is 1. The van der Waals surface area contributed by atoms with Gasteiger partial charge in [0.25, 0.3) is 0 Å². The molecule has 5 nitrogen and oxygen atoms in total. The summed E-state index contributed by atoms with van der Waals surface area (Å²) >= 11 is 6.99. The summed E-state index contributed by atoms with van der Waals surface area (Å²) in [5.41, 5.74) is 2.24. The molecule has 0 fully saturated rings. The SMILES string of the molecule is CSc1nnc(CCCNC(=S)Nc2ccc(C)cc2)n1CC(C)C. The Bertz CT molecular complexity index is 679. The topological polar surface area (TPSA) is 54.8 Å². The first-order valence-electron chi connectivity index (χ1n) is 8.57. The maximum atomic E-state index is 5.35.